The molecule has 0 N–H and O–H groups in total. The lowest BCUT2D eigenvalue weighted by atomic mass is 9.83. The van der Waals surface area contributed by atoms with E-state index in [-0.39, 0.29) is 10.8 Å². The van der Waals surface area contributed by atoms with Crippen LogP contribution in [0, 0.1) is 16.7 Å². The van der Waals surface area contributed by atoms with Crippen LogP contribution in [0.15, 0.2) is 42.2 Å². The van der Waals surface area contributed by atoms with Gasteiger partial charge in [0.25, 0.3) is 0 Å². The van der Waals surface area contributed by atoms with E-state index in [4.69, 9.17) is 18.9 Å². The molecule has 1 aromatic rings. The van der Waals surface area contributed by atoms with Crippen molar-refractivity contribution in [3.8, 4) is 5.75 Å². The highest BCUT2D eigenvalue weighted by molar-refractivity contribution is 5.76. The van der Waals surface area contributed by atoms with Gasteiger partial charge in [0, 0.05) is 11.1 Å². The zero-order chi connectivity index (χ0) is 20.3. The summed E-state index contributed by atoms with van der Waals surface area (Å²) >= 11 is 0. The van der Waals surface area contributed by atoms with Crippen LogP contribution in [0.25, 0.3) is 5.57 Å². The minimum Gasteiger partial charge on any atom is -0.493 e. The molecule has 0 bridgehead atoms. The van der Waals surface area contributed by atoms with Crippen molar-refractivity contribution in [1.82, 2.24) is 0 Å². The van der Waals surface area contributed by atoms with Crippen LogP contribution in [0.5, 0.6) is 5.75 Å². The van der Waals surface area contributed by atoms with E-state index in [1.807, 2.05) is 0 Å². The average molecular weight is 399 g/mol. The molecule has 4 rings (SSSR count). The van der Waals surface area contributed by atoms with E-state index < -0.39 is 0 Å². The van der Waals surface area contributed by atoms with Gasteiger partial charge < -0.3 is 18.9 Å². The molecule has 0 unspecified atom stereocenters. The maximum absolute atomic E-state index is 6.41. The first-order chi connectivity index (χ1) is 14.1. The Labute approximate surface area is 174 Å². The van der Waals surface area contributed by atoms with Gasteiger partial charge in [-0.1, -0.05) is 45.0 Å². The molecule has 2 fully saturated rings. The molecule has 158 valence electrons. The number of hydrogen-bond acceptors (Lipinski definition) is 4. The Balaban J connectivity index is 1.58. The van der Waals surface area contributed by atoms with Gasteiger partial charge in [0.15, 0.2) is 0 Å². The highest BCUT2D eigenvalue weighted by Crippen LogP contribution is 2.41. The third kappa shape index (κ3) is 4.10. The number of benzene rings is 1. The Morgan fingerprint density at radius 1 is 0.931 bits per heavy atom. The summed E-state index contributed by atoms with van der Waals surface area (Å²) in [6, 6.07) is 8.40. The van der Waals surface area contributed by atoms with Gasteiger partial charge in [0.05, 0.1) is 50.5 Å². The summed E-state index contributed by atoms with van der Waals surface area (Å²) in [5, 5.41) is 0. The van der Waals surface area contributed by atoms with Crippen molar-refractivity contribution in [3.63, 3.8) is 0 Å². The Bertz CT molecular complexity index is 760. The molecule has 0 amide bonds. The van der Waals surface area contributed by atoms with Crippen LogP contribution in [-0.4, -0.2) is 39.6 Å². The van der Waals surface area contributed by atoms with Crippen molar-refractivity contribution < 1.29 is 18.9 Å². The quantitative estimate of drug-likeness (QED) is 0.570. The highest BCUT2D eigenvalue weighted by atomic mass is 16.5. The van der Waals surface area contributed by atoms with Gasteiger partial charge in [-0.15, -0.1) is 0 Å². The highest BCUT2D eigenvalue weighted by Gasteiger charge is 2.39. The molecular weight excluding hydrogens is 364 g/mol. The standard InChI is InChI=1S/C25H34O4/c1-4-24(13-26-14-24)17-28-21-11-7-6-10-20(21)23-19(3)9-8-12-22(23)29-18-25(5-2)15-27-16-25/h6-8,10-12,19H,4-5,9,13-18H2,1-3H3/t19-/m1/s1. The van der Waals surface area contributed by atoms with Gasteiger partial charge in [0.1, 0.15) is 11.5 Å². The summed E-state index contributed by atoms with van der Waals surface area (Å²) in [4.78, 5) is 0. The fraction of sp³-hybridized carbons (Fsp3) is 0.600. The summed E-state index contributed by atoms with van der Waals surface area (Å²) in [6.45, 7) is 11.3. The Kier molecular flexibility index (Phi) is 6.03. The van der Waals surface area contributed by atoms with E-state index in [0.29, 0.717) is 19.1 Å². The average Bonchev–Trinajstić information content (AvgIpc) is 2.68. The minimum absolute atomic E-state index is 0.163. The smallest absolute Gasteiger partial charge is 0.126 e. The lowest BCUT2D eigenvalue weighted by Gasteiger charge is -2.41. The predicted molar refractivity (Wildman–Crippen MR) is 115 cm³/mol. The van der Waals surface area contributed by atoms with Crippen LogP contribution in [0.4, 0.5) is 0 Å². The van der Waals surface area contributed by atoms with E-state index in [2.05, 4.69) is 57.2 Å². The van der Waals surface area contributed by atoms with Crippen LogP contribution >= 0.6 is 0 Å². The Morgan fingerprint density at radius 3 is 2.14 bits per heavy atom. The largest absolute Gasteiger partial charge is 0.493 e. The summed E-state index contributed by atoms with van der Waals surface area (Å²) in [7, 11) is 0. The number of para-hydroxylation sites is 1. The topological polar surface area (TPSA) is 36.9 Å². The van der Waals surface area contributed by atoms with Crippen LogP contribution in [0.2, 0.25) is 0 Å². The van der Waals surface area contributed by atoms with Crippen molar-refractivity contribution in [2.75, 3.05) is 39.6 Å². The van der Waals surface area contributed by atoms with Crippen LogP contribution < -0.4 is 4.74 Å². The second-order valence-electron chi connectivity index (χ2n) is 9.08. The normalized spacial score (nSPS) is 24.6. The fourth-order valence-electron chi connectivity index (χ4n) is 4.19. The molecule has 2 saturated heterocycles. The number of hydrogen-bond donors (Lipinski definition) is 0. The maximum atomic E-state index is 6.41. The molecule has 4 heteroatoms. The Hall–Kier alpha value is -1.78. The summed E-state index contributed by atoms with van der Waals surface area (Å²) < 4.78 is 23.7. The molecule has 2 heterocycles. The summed E-state index contributed by atoms with van der Waals surface area (Å²) in [5.41, 5.74) is 2.74. The van der Waals surface area contributed by atoms with Gasteiger partial charge in [-0.05, 0) is 37.3 Å². The SMILES string of the molecule is CCC1(COC2=C(c3ccccc3OCC3(CC)COC3)[C@H](C)CC=C2)COC1. The number of allylic oxidation sites excluding steroid dienone is 3. The molecule has 0 aromatic heterocycles. The van der Waals surface area contributed by atoms with E-state index >= 15 is 0 Å². The second kappa shape index (κ2) is 8.53. The number of rotatable bonds is 9. The molecule has 0 radical (unpaired) electrons. The molecule has 0 spiro atoms. The van der Waals surface area contributed by atoms with Crippen molar-refractivity contribution in [2.45, 2.75) is 40.0 Å². The van der Waals surface area contributed by atoms with Gasteiger partial charge in [-0.2, -0.15) is 0 Å². The van der Waals surface area contributed by atoms with Gasteiger partial charge in [-0.3, -0.25) is 0 Å². The molecule has 1 aliphatic carbocycles. The van der Waals surface area contributed by atoms with Crippen LogP contribution in [-0.2, 0) is 14.2 Å². The minimum atomic E-state index is 0.163. The summed E-state index contributed by atoms with van der Waals surface area (Å²) in [6.07, 6.45) is 7.54. The third-order valence-electron chi connectivity index (χ3n) is 6.90. The molecular formula is C25H34O4. The molecule has 1 aromatic carbocycles. The third-order valence-corrected chi connectivity index (χ3v) is 6.90. The molecule has 1 atom stereocenters. The van der Waals surface area contributed by atoms with E-state index in [1.165, 1.54) is 5.57 Å². The monoisotopic (exact) mass is 398 g/mol. The lowest BCUT2D eigenvalue weighted by molar-refractivity contribution is -0.141. The molecule has 29 heavy (non-hydrogen) atoms. The van der Waals surface area contributed by atoms with Crippen molar-refractivity contribution in [2.24, 2.45) is 16.7 Å². The Morgan fingerprint density at radius 2 is 1.55 bits per heavy atom. The van der Waals surface area contributed by atoms with Crippen molar-refractivity contribution in [3.05, 3.63) is 47.7 Å². The first kappa shape index (κ1) is 20.5. The predicted octanol–water partition coefficient (Wildman–Crippen LogP) is 5.24. The fourth-order valence-corrected chi connectivity index (χ4v) is 4.19. The zero-order valence-electron chi connectivity index (χ0n) is 18.0. The van der Waals surface area contributed by atoms with E-state index in [9.17, 15) is 0 Å². The molecule has 2 aliphatic heterocycles. The second-order valence-corrected chi connectivity index (χ2v) is 9.08. The molecule has 4 nitrogen and oxygen atoms in total. The van der Waals surface area contributed by atoms with Gasteiger partial charge in [0.2, 0.25) is 0 Å². The molecule has 0 saturated carbocycles. The van der Waals surface area contributed by atoms with Crippen molar-refractivity contribution in [1.29, 1.82) is 0 Å². The van der Waals surface area contributed by atoms with E-state index in [1.54, 1.807) is 0 Å². The first-order valence-electron chi connectivity index (χ1n) is 11.0. The van der Waals surface area contributed by atoms with Crippen molar-refractivity contribution >= 4 is 5.57 Å². The summed E-state index contributed by atoms with van der Waals surface area (Å²) in [5.74, 6) is 2.32. The van der Waals surface area contributed by atoms with Gasteiger partial charge in [-0.25, -0.2) is 0 Å². The molecule has 3 aliphatic rings. The lowest BCUT2D eigenvalue weighted by Crippen LogP contribution is -2.46. The maximum Gasteiger partial charge on any atom is 0.126 e. The zero-order valence-corrected chi connectivity index (χ0v) is 18.0. The van der Waals surface area contributed by atoms with Crippen LogP contribution in [0.3, 0.4) is 0 Å². The van der Waals surface area contributed by atoms with Gasteiger partial charge >= 0.3 is 0 Å². The first-order valence-corrected chi connectivity index (χ1v) is 11.0. The van der Waals surface area contributed by atoms with E-state index in [0.717, 1.165) is 62.8 Å². The number of ether oxygens (including phenoxy) is 4. The van der Waals surface area contributed by atoms with Crippen LogP contribution in [0.1, 0.15) is 45.6 Å².